The number of amides is 1. The molecule has 0 spiro atoms. The molecule has 1 amide bonds. The largest absolute Gasteiger partial charge is 0.492 e. The number of carbonyl (C=O) groups excluding carboxylic acids is 1. The van der Waals surface area contributed by atoms with Gasteiger partial charge in [0.15, 0.2) is 0 Å². The molecule has 0 unspecified atom stereocenters. The maximum absolute atomic E-state index is 12.7. The fraction of sp³-hybridized carbons (Fsp3) is 0.316. The van der Waals surface area contributed by atoms with E-state index in [0.717, 1.165) is 40.4 Å². The summed E-state index contributed by atoms with van der Waals surface area (Å²) in [6.07, 6.45) is -3.66. The van der Waals surface area contributed by atoms with Crippen molar-refractivity contribution in [3.05, 3.63) is 59.7 Å². The Labute approximate surface area is 167 Å². The first-order valence-corrected chi connectivity index (χ1v) is 10.4. The molecule has 158 valence electrons. The van der Waals surface area contributed by atoms with Crippen molar-refractivity contribution in [3.8, 4) is 5.75 Å². The Morgan fingerprint density at radius 2 is 1.66 bits per heavy atom. The SMILES string of the molecule is Cc1ccc(OCCNC(=O)CN(c2ccc(C(F)(F)F)cc2)S(C)(=O)=O)cc1. The van der Waals surface area contributed by atoms with Crippen LogP contribution in [0.4, 0.5) is 18.9 Å². The summed E-state index contributed by atoms with van der Waals surface area (Å²) in [6.45, 7) is 1.69. The highest BCUT2D eigenvalue weighted by Gasteiger charge is 2.30. The van der Waals surface area contributed by atoms with Crippen LogP contribution in [0.1, 0.15) is 11.1 Å². The van der Waals surface area contributed by atoms with Gasteiger partial charge in [-0.3, -0.25) is 9.10 Å². The minimum atomic E-state index is -4.54. The first kappa shape index (κ1) is 22.5. The number of alkyl halides is 3. The van der Waals surface area contributed by atoms with E-state index in [2.05, 4.69) is 5.32 Å². The molecular formula is C19H21F3N2O4S. The van der Waals surface area contributed by atoms with Crippen LogP contribution in [-0.2, 0) is 21.0 Å². The van der Waals surface area contributed by atoms with E-state index < -0.39 is 34.2 Å². The summed E-state index contributed by atoms with van der Waals surface area (Å²) < 4.78 is 68.2. The molecule has 0 heterocycles. The van der Waals surface area contributed by atoms with Crippen molar-refractivity contribution in [2.24, 2.45) is 0 Å². The fourth-order valence-electron chi connectivity index (χ4n) is 2.40. The smallest absolute Gasteiger partial charge is 0.416 e. The third-order valence-corrected chi connectivity index (χ3v) is 5.02. The number of benzene rings is 2. The summed E-state index contributed by atoms with van der Waals surface area (Å²) in [5.74, 6) is 0.0233. The van der Waals surface area contributed by atoms with E-state index in [1.807, 2.05) is 19.1 Å². The number of sulfonamides is 1. The van der Waals surface area contributed by atoms with E-state index in [4.69, 9.17) is 4.74 Å². The number of rotatable bonds is 8. The lowest BCUT2D eigenvalue weighted by Crippen LogP contribution is -2.41. The minimum Gasteiger partial charge on any atom is -0.492 e. The molecule has 0 aromatic heterocycles. The van der Waals surface area contributed by atoms with Gasteiger partial charge in [0.2, 0.25) is 15.9 Å². The van der Waals surface area contributed by atoms with E-state index in [1.54, 1.807) is 12.1 Å². The second-order valence-electron chi connectivity index (χ2n) is 6.33. The summed E-state index contributed by atoms with van der Waals surface area (Å²) in [5.41, 5.74) is 0.133. The molecule has 0 aliphatic heterocycles. The minimum absolute atomic E-state index is 0.0356. The lowest BCUT2D eigenvalue weighted by Gasteiger charge is -2.22. The average molecular weight is 430 g/mol. The van der Waals surface area contributed by atoms with Gasteiger partial charge < -0.3 is 10.1 Å². The molecule has 0 saturated carbocycles. The topological polar surface area (TPSA) is 75.7 Å². The van der Waals surface area contributed by atoms with E-state index in [0.29, 0.717) is 5.75 Å². The number of nitrogens with zero attached hydrogens (tertiary/aromatic N) is 1. The van der Waals surface area contributed by atoms with Gasteiger partial charge in [-0.2, -0.15) is 13.2 Å². The molecule has 2 aromatic rings. The van der Waals surface area contributed by atoms with E-state index in [-0.39, 0.29) is 18.8 Å². The van der Waals surface area contributed by atoms with Crippen molar-refractivity contribution < 1.29 is 31.1 Å². The van der Waals surface area contributed by atoms with Crippen LogP contribution >= 0.6 is 0 Å². The zero-order valence-electron chi connectivity index (χ0n) is 15.9. The van der Waals surface area contributed by atoms with E-state index in [9.17, 15) is 26.4 Å². The molecule has 0 bridgehead atoms. The Morgan fingerprint density at radius 3 is 2.17 bits per heavy atom. The van der Waals surface area contributed by atoms with Crippen LogP contribution < -0.4 is 14.4 Å². The van der Waals surface area contributed by atoms with Crippen LogP contribution in [0.5, 0.6) is 5.75 Å². The normalized spacial score (nSPS) is 11.8. The number of nitrogens with one attached hydrogen (secondary N) is 1. The molecule has 0 aliphatic rings. The molecule has 0 radical (unpaired) electrons. The molecule has 0 fully saturated rings. The van der Waals surface area contributed by atoms with Crippen molar-refractivity contribution >= 4 is 21.6 Å². The lowest BCUT2D eigenvalue weighted by atomic mass is 10.2. The number of halogens is 3. The summed E-state index contributed by atoms with van der Waals surface area (Å²) in [6, 6.07) is 10.9. The van der Waals surface area contributed by atoms with E-state index in [1.165, 1.54) is 0 Å². The van der Waals surface area contributed by atoms with Crippen molar-refractivity contribution in [2.75, 3.05) is 30.3 Å². The summed E-state index contributed by atoms with van der Waals surface area (Å²) in [4.78, 5) is 12.1. The van der Waals surface area contributed by atoms with Crippen LogP contribution in [0.15, 0.2) is 48.5 Å². The Morgan fingerprint density at radius 1 is 1.07 bits per heavy atom. The third-order valence-electron chi connectivity index (χ3n) is 3.88. The maximum atomic E-state index is 12.7. The highest BCUT2D eigenvalue weighted by Crippen LogP contribution is 2.30. The van der Waals surface area contributed by atoms with Gasteiger partial charge in [-0.15, -0.1) is 0 Å². The van der Waals surface area contributed by atoms with Crippen molar-refractivity contribution in [1.82, 2.24) is 5.32 Å². The zero-order chi connectivity index (χ0) is 21.7. The molecule has 0 aliphatic carbocycles. The summed E-state index contributed by atoms with van der Waals surface area (Å²) >= 11 is 0. The molecule has 1 N–H and O–H groups in total. The number of carbonyl (C=O) groups is 1. The van der Waals surface area contributed by atoms with Gasteiger partial charge in [0, 0.05) is 0 Å². The third kappa shape index (κ3) is 6.97. The second kappa shape index (κ2) is 9.17. The monoisotopic (exact) mass is 430 g/mol. The molecule has 10 heteroatoms. The van der Waals surface area contributed by atoms with Crippen molar-refractivity contribution in [2.45, 2.75) is 13.1 Å². The van der Waals surface area contributed by atoms with Crippen LogP contribution in [0, 0.1) is 6.92 Å². The number of anilines is 1. The Hall–Kier alpha value is -2.75. The summed E-state index contributed by atoms with van der Waals surface area (Å²) in [7, 11) is -3.88. The van der Waals surface area contributed by atoms with Crippen LogP contribution in [0.3, 0.4) is 0 Å². The molecule has 2 rings (SSSR count). The summed E-state index contributed by atoms with van der Waals surface area (Å²) in [5, 5.41) is 2.52. The lowest BCUT2D eigenvalue weighted by molar-refractivity contribution is -0.137. The standard InChI is InChI=1S/C19H21F3N2O4S/c1-14-3-9-17(10-4-14)28-12-11-23-18(25)13-24(29(2,26)27)16-7-5-15(6-8-16)19(20,21)22/h3-10H,11-13H2,1-2H3,(H,23,25). The predicted molar refractivity (Wildman–Crippen MR) is 103 cm³/mol. The van der Waals surface area contributed by atoms with Crippen molar-refractivity contribution in [1.29, 1.82) is 0 Å². The number of hydrogen-bond acceptors (Lipinski definition) is 4. The second-order valence-corrected chi connectivity index (χ2v) is 8.23. The van der Waals surface area contributed by atoms with Gasteiger partial charge in [0.25, 0.3) is 0 Å². The number of ether oxygens (including phenoxy) is 1. The van der Waals surface area contributed by atoms with Crippen LogP contribution in [0.2, 0.25) is 0 Å². The average Bonchev–Trinajstić information content (AvgIpc) is 2.63. The molecule has 29 heavy (non-hydrogen) atoms. The highest BCUT2D eigenvalue weighted by molar-refractivity contribution is 7.92. The van der Waals surface area contributed by atoms with Crippen LogP contribution in [-0.4, -0.2) is 40.3 Å². The molecule has 0 atom stereocenters. The number of aryl methyl sites for hydroxylation is 1. The number of hydrogen-bond donors (Lipinski definition) is 1. The highest BCUT2D eigenvalue weighted by atomic mass is 32.2. The molecule has 0 saturated heterocycles. The Bertz CT molecular complexity index is 927. The van der Waals surface area contributed by atoms with Gasteiger partial charge in [0.1, 0.15) is 18.9 Å². The maximum Gasteiger partial charge on any atom is 0.416 e. The van der Waals surface area contributed by atoms with E-state index >= 15 is 0 Å². The van der Waals surface area contributed by atoms with Crippen molar-refractivity contribution in [3.63, 3.8) is 0 Å². The van der Waals surface area contributed by atoms with Crippen LogP contribution in [0.25, 0.3) is 0 Å². The Kier molecular flexibility index (Phi) is 7.12. The first-order valence-electron chi connectivity index (χ1n) is 8.58. The first-order chi connectivity index (χ1) is 13.5. The van der Waals surface area contributed by atoms with Gasteiger partial charge in [-0.25, -0.2) is 8.42 Å². The van der Waals surface area contributed by atoms with Gasteiger partial charge >= 0.3 is 6.18 Å². The predicted octanol–water partition coefficient (Wildman–Crippen LogP) is 2.98. The molecule has 2 aromatic carbocycles. The fourth-order valence-corrected chi connectivity index (χ4v) is 3.25. The van der Waals surface area contributed by atoms with Gasteiger partial charge in [0.05, 0.1) is 24.1 Å². The van der Waals surface area contributed by atoms with Gasteiger partial charge in [-0.05, 0) is 43.3 Å². The quantitative estimate of drug-likeness (QED) is 0.654. The molecule has 6 nitrogen and oxygen atoms in total. The van der Waals surface area contributed by atoms with Gasteiger partial charge in [-0.1, -0.05) is 17.7 Å². The molecular weight excluding hydrogens is 409 g/mol. The zero-order valence-corrected chi connectivity index (χ0v) is 16.7. The Balaban J connectivity index is 1.94.